The van der Waals surface area contributed by atoms with Crippen molar-refractivity contribution in [3.8, 4) is 22.3 Å². The minimum absolute atomic E-state index is 0. The molecule has 0 saturated heterocycles. The van der Waals surface area contributed by atoms with Gasteiger partial charge in [-0.3, -0.25) is 14.4 Å². The smallest absolute Gasteiger partial charge is 0.407 e. The first-order valence-electron chi connectivity index (χ1n) is 26.5. The van der Waals surface area contributed by atoms with Crippen LogP contribution in [0.25, 0.3) is 22.3 Å². The number of nitrogens with two attached hydrogens (primary N) is 3. The molecule has 0 aliphatic heterocycles. The molecule has 0 radical (unpaired) electrons. The predicted molar refractivity (Wildman–Crippen MR) is 313 cm³/mol. The Hall–Kier alpha value is -8.38. The van der Waals surface area contributed by atoms with Gasteiger partial charge in [-0.25, -0.2) is 14.4 Å². The lowest BCUT2D eigenvalue weighted by Crippen LogP contribution is -2.54. The number of esters is 1. The number of alkyl carbamates (subject to hydrolysis) is 1. The first-order valence-corrected chi connectivity index (χ1v) is 26.5. The topological polar surface area (TPSA) is 308 Å². The number of fused-ring (bicyclic) bond motifs is 6. The molecule has 18 nitrogen and oxygen atoms in total. The molecule has 0 saturated carbocycles. The van der Waals surface area contributed by atoms with Crippen molar-refractivity contribution in [3.63, 3.8) is 0 Å². The largest absolute Gasteiger partial charge is 0.480 e. The molecule has 2 aliphatic carbocycles. The molecule has 0 spiro atoms. The Kier molecular flexibility index (Phi) is 26.8. The van der Waals surface area contributed by atoms with Gasteiger partial charge in [-0.2, -0.15) is 0 Å². The van der Waals surface area contributed by atoms with E-state index in [1.807, 2.05) is 72.8 Å². The van der Waals surface area contributed by atoms with E-state index in [0.29, 0.717) is 63.3 Å². The number of hydrogen-bond acceptors (Lipinski definition) is 13. The standard InChI is InChI=1S/C31H39N3O5.C22H25N3O4.C8H15NO2.CH4/c1-4-5-10-17-31(3,30(37)38)34-29(36)22(12-11-18-33-21(2)32)19-28(35)39-20-27-25-15-8-6-13-23(25)24-14-7-9-16-26(24)27;1-14(23)24-12-6-11-20(21(26)27)25-22(28)29-13-19-17-9-4-2-7-15(17)16-8-3-5-10-18(16)19;1-3-4-5-6-8(2,9)7(10)11;/h4,6-9,13-16,22,27,33H,1-2,5,10-12,17-20,32H2,3H3,(H,34,36)(H,37,38);2-5,7-10,19-20,24H,1,6,11-13,23H2,(H,25,28)(H,26,27);3H,1,4-6,9H2,2H3,(H,10,11);1H4/t22-,31+;20-;8-;/m100./s1. The third-order valence-corrected chi connectivity index (χ3v) is 13.7. The number of carbonyl (C=O) groups excluding carboxylic acids is 3. The van der Waals surface area contributed by atoms with Crippen molar-refractivity contribution in [2.24, 2.45) is 23.1 Å². The molecule has 0 aromatic heterocycles. The molecule has 0 bridgehead atoms. The number of carboxylic acid groups (broad SMARTS) is 3. The molecule has 0 fully saturated rings. The van der Waals surface area contributed by atoms with E-state index in [9.17, 15) is 39.0 Å². The zero-order valence-corrected chi connectivity index (χ0v) is 45.5. The number of carbonyl (C=O) groups is 6. The van der Waals surface area contributed by atoms with Gasteiger partial charge < -0.3 is 63.3 Å². The molecular weight excluding hydrogens is 1020 g/mol. The average molecular weight is 1100 g/mol. The maximum Gasteiger partial charge on any atom is 0.407 e. The molecule has 6 rings (SSSR count). The lowest BCUT2D eigenvalue weighted by atomic mass is 9.91. The number of benzene rings is 4. The Morgan fingerprint density at radius 1 is 0.625 bits per heavy atom. The highest BCUT2D eigenvalue weighted by Crippen LogP contribution is 2.46. The summed E-state index contributed by atoms with van der Waals surface area (Å²) in [6.45, 7) is 18.6. The van der Waals surface area contributed by atoms with Gasteiger partial charge in [0.1, 0.15) is 30.3 Å². The van der Waals surface area contributed by atoms with Crippen LogP contribution < -0.4 is 38.5 Å². The van der Waals surface area contributed by atoms with Gasteiger partial charge in [0.25, 0.3) is 0 Å². The summed E-state index contributed by atoms with van der Waals surface area (Å²) in [5.41, 5.74) is 22.8. The van der Waals surface area contributed by atoms with Crippen LogP contribution >= 0.6 is 0 Å². The lowest BCUT2D eigenvalue weighted by molar-refractivity contribution is -0.150. The summed E-state index contributed by atoms with van der Waals surface area (Å²) in [6.07, 6.45) is 7.75. The summed E-state index contributed by atoms with van der Waals surface area (Å²) < 4.78 is 11.1. The normalized spacial score (nSPS) is 13.8. The van der Waals surface area contributed by atoms with Crippen molar-refractivity contribution in [1.82, 2.24) is 21.3 Å². The predicted octanol–water partition coefficient (Wildman–Crippen LogP) is 9.02. The molecule has 4 aromatic carbocycles. The van der Waals surface area contributed by atoms with Gasteiger partial charge in [-0.1, -0.05) is 130 Å². The maximum absolute atomic E-state index is 13.3. The van der Waals surface area contributed by atoms with E-state index in [0.717, 1.165) is 57.3 Å². The number of allylic oxidation sites excluding steroid dienone is 2. The van der Waals surface area contributed by atoms with Crippen LogP contribution in [0.15, 0.2) is 147 Å². The molecule has 2 amide bonds. The third kappa shape index (κ3) is 19.8. The number of carboxylic acids is 3. The number of hydrogen-bond donors (Lipinski definition) is 10. The van der Waals surface area contributed by atoms with Crippen molar-refractivity contribution in [2.45, 2.75) is 121 Å². The van der Waals surface area contributed by atoms with Gasteiger partial charge in [0.2, 0.25) is 5.91 Å². The summed E-state index contributed by atoms with van der Waals surface area (Å²) in [5.74, 6) is -4.45. The second kappa shape index (κ2) is 32.5. The fourth-order valence-corrected chi connectivity index (χ4v) is 9.31. The Balaban J connectivity index is 0.000000359. The molecule has 4 atom stereocenters. The lowest BCUT2D eigenvalue weighted by Gasteiger charge is -2.28. The zero-order chi connectivity index (χ0) is 58.1. The quantitative estimate of drug-likeness (QED) is 0.0132. The van der Waals surface area contributed by atoms with Crippen molar-refractivity contribution < 1.29 is 53.6 Å². The van der Waals surface area contributed by atoms with Crippen LogP contribution in [0, 0.1) is 5.92 Å². The van der Waals surface area contributed by atoms with E-state index in [1.165, 1.54) is 13.8 Å². The number of rotatable bonds is 30. The van der Waals surface area contributed by atoms with Gasteiger partial charge in [-0.15, -0.1) is 13.2 Å². The number of aliphatic carboxylic acids is 3. The number of unbranched alkanes of at least 4 members (excludes halogenated alkanes) is 2. The first kappa shape index (κ1) is 65.9. The second-order valence-corrected chi connectivity index (χ2v) is 20.1. The van der Waals surface area contributed by atoms with E-state index in [2.05, 4.69) is 71.8 Å². The van der Waals surface area contributed by atoms with Crippen LogP contribution in [0.5, 0.6) is 0 Å². The van der Waals surface area contributed by atoms with Crippen LogP contribution in [-0.2, 0) is 33.4 Å². The Morgan fingerprint density at radius 3 is 1.44 bits per heavy atom. The summed E-state index contributed by atoms with van der Waals surface area (Å²) in [6, 6.07) is 31.2. The number of amides is 2. The van der Waals surface area contributed by atoms with E-state index < -0.39 is 58.9 Å². The molecule has 0 unspecified atom stereocenters. The molecule has 432 valence electrons. The molecule has 80 heavy (non-hydrogen) atoms. The van der Waals surface area contributed by atoms with Gasteiger partial charge in [0.15, 0.2) is 0 Å². The van der Waals surface area contributed by atoms with Crippen LogP contribution in [0.4, 0.5) is 4.79 Å². The fourth-order valence-electron chi connectivity index (χ4n) is 9.31. The van der Waals surface area contributed by atoms with Crippen LogP contribution in [0.2, 0.25) is 0 Å². The van der Waals surface area contributed by atoms with Gasteiger partial charge >= 0.3 is 30.0 Å². The van der Waals surface area contributed by atoms with E-state index in [-0.39, 0.29) is 51.7 Å². The fraction of sp³-hybridized carbons (Fsp3) is 0.387. The Bertz CT molecular complexity index is 2690. The molecule has 18 heteroatoms. The van der Waals surface area contributed by atoms with Crippen LogP contribution in [-0.4, -0.2) is 94.6 Å². The Morgan fingerprint density at radius 2 is 1.04 bits per heavy atom. The maximum atomic E-state index is 13.3. The zero-order valence-electron chi connectivity index (χ0n) is 45.5. The Labute approximate surface area is 471 Å². The summed E-state index contributed by atoms with van der Waals surface area (Å²) in [7, 11) is 0. The molecular formula is C62H83N7O11. The second-order valence-electron chi connectivity index (χ2n) is 20.1. The summed E-state index contributed by atoms with van der Waals surface area (Å²) in [5, 5.41) is 38.6. The summed E-state index contributed by atoms with van der Waals surface area (Å²) >= 11 is 0. The van der Waals surface area contributed by atoms with Gasteiger partial charge in [-0.05, 0) is 123 Å². The van der Waals surface area contributed by atoms with Gasteiger partial charge in [0, 0.05) is 30.8 Å². The van der Waals surface area contributed by atoms with Crippen LogP contribution in [0.1, 0.15) is 126 Å². The van der Waals surface area contributed by atoms with Crippen molar-refractivity contribution in [1.29, 1.82) is 0 Å². The minimum atomic E-state index is -1.46. The molecule has 0 heterocycles. The van der Waals surface area contributed by atoms with E-state index in [1.54, 1.807) is 12.2 Å². The SMILES string of the molecule is C.C=C(N)NCCC[C@H](NC(=O)OCC1c2ccccc2-c2ccccc21)C(=O)O.C=CCCC[C@](C)(N)C(=O)O.C=CCCC[C@](C)(NC(=O)[C@H](CCCNC(=C)N)CC(=O)OCC1c2ccccc2-c2ccccc21)C(=O)O. The van der Waals surface area contributed by atoms with E-state index >= 15 is 0 Å². The van der Waals surface area contributed by atoms with Crippen LogP contribution in [0.3, 0.4) is 0 Å². The number of ether oxygens (including phenoxy) is 2. The number of nitrogens with one attached hydrogen (secondary N) is 4. The molecule has 13 N–H and O–H groups in total. The minimum Gasteiger partial charge on any atom is -0.480 e. The summed E-state index contributed by atoms with van der Waals surface area (Å²) in [4.78, 5) is 72.4. The highest BCUT2D eigenvalue weighted by Gasteiger charge is 2.37. The van der Waals surface area contributed by atoms with Gasteiger partial charge in [0.05, 0.1) is 18.1 Å². The van der Waals surface area contributed by atoms with E-state index in [4.69, 9.17) is 31.8 Å². The highest BCUT2D eigenvalue weighted by molar-refractivity contribution is 5.90. The van der Waals surface area contributed by atoms with Crippen molar-refractivity contribution >= 4 is 35.9 Å². The third-order valence-electron chi connectivity index (χ3n) is 13.7. The van der Waals surface area contributed by atoms with Crippen molar-refractivity contribution in [3.05, 3.63) is 169 Å². The highest BCUT2D eigenvalue weighted by atomic mass is 16.5. The molecule has 2 aliphatic rings. The average Bonchev–Trinajstić information content (AvgIpc) is 3.95. The van der Waals surface area contributed by atoms with Crippen molar-refractivity contribution in [2.75, 3.05) is 26.3 Å². The monoisotopic (exact) mass is 1100 g/mol. The first-order chi connectivity index (χ1) is 37.6. The molecule has 4 aromatic rings.